The standard InChI is InChI=1S/C16H14N4O2/c21-14-4-2-1-3-13(14)20-8-6-15-12(9-20)19-16(22-15)11-5-7-17-10-18-11/h1-5,7,10,21H,6,8-9H2. The molecule has 0 saturated heterocycles. The van der Waals surface area contributed by atoms with E-state index in [-0.39, 0.29) is 5.75 Å². The first-order valence-corrected chi connectivity index (χ1v) is 7.09. The van der Waals surface area contributed by atoms with Crippen molar-refractivity contribution in [1.82, 2.24) is 15.0 Å². The summed E-state index contributed by atoms with van der Waals surface area (Å²) in [4.78, 5) is 14.7. The Morgan fingerprint density at radius 2 is 2.09 bits per heavy atom. The lowest BCUT2D eigenvalue weighted by Gasteiger charge is -2.27. The number of oxazole rings is 1. The van der Waals surface area contributed by atoms with Crippen LogP contribution in [0.15, 0.2) is 47.3 Å². The van der Waals surface area contributed by atoms with Gasteiger partial charge in [0.2, 0.25) is 5.89 Å². The van der Waals surface area contributed by atoms with Crippen LogP contribution in [0.3, 0.4) is 0 Å². The smallest absolute Gasteiger partial charge is 0.245 e. The second kappa shape index (κ2) is 5.14. The third kappa shape index (κ3) is 2.18. The van der Waals surface area contributed by atoms with E-state index in [2.05, 4.69) is 19.9 Å². The van der Waals surface area contributed by atoms with Crippen LogP contribution in [-0.4, -0.2) is 26.6 Å². The summed E-state index contributed by atoms with van der Waals surface area (Å²) >= 11 is 0. The molecule has 2 aromatic heterocycles. The third-order valence-corrected chi connectivity index (χ3v) is 3.75. The second-order valence-electron chi connectivity index (χ2n) is 5.14. The van der Waals surface area contributed by atoms with Crippen molar-refractivity contribution < 1.29 is 9.52 Å². The molecule has 3 aromatic rings. The normalized spacial score (nSPS) is 13.9. The van der Waals surface area contributed by atoms with Crippen LogP contribution in [0.5, 0.6) is 5.75 Å². The van der Waals surface area contributed by atoms with Crippen LogP contribution < -0.4 is 4.90 Å². The second-order valence-corrected chi connectivity index (χ2v) is 5.14. The Labute approximate surface area is 127 Å². The van der Waals surface area contributed by atoms with E-state index in [1.54, 1.807) is 18.3 Å². The van der Waals surface area contributed by atoms with Gasteiger partial charge in [0, 0.05) is 19.2 Å². The Bertz CT molecular complexity index is 801. The SMILES string of the molecule is Oc1ccccc1N1CCc2oc(-c3ccncn3)nc2C1. The number of phenols is 1. The number of fused-ring (bicyclic) bond motifs is 1. The highest BCUT2D eigenvalue weighted by Crippen LogP contribution is 2.32. The van der Waals surface area contributed by atoms with E-state index >= 15 is 0 Å². The monoisotopic (exact) mass is 294 g/mol. The number of hydrogen-bond acceptors (Lipinski definition) is 6. The quantitative estimate of drug-likeness (QED) is 0.782. The van der Waals surface area contributed by atoms with Gasteiger partial charge in [0.05, 0.1) is 12.2 Å². The van der Waals surface area contributed by atoms with Crippen LogP contribution >= 0.6 is 0 Å². The Morgan fingerprint density at radius 3 is 2.91 bits per heavy atom. The van der Waals surface area contributed by atoms with Gasteiger partial charge in [-0.15, -0.1) is 0 Å². The summed E-state index contributed by atoms with van der Waals surface area (Å²) in [5, 5.41) is 9.99. The van der Waals surface area contributed by atoms with Crippen LogP contribution in [0.4, 0.5) is 5.69 Å². The largest absolute Gasteiger partial charge is 0.506 e. The summed E-state index contributed by atoms with van der Waals surface area (Å²) in [6, 6.07) is 9.11. The molecule has 0 atom stereocenters. The molecule has 1 aliphatic heterocycles. The minimum atomic E-state index is 0.283. The van der Waals surface area contributed by atoms with Gasteiger partial charge in [-0.2, -0.15) is 0 Å². The molecule has 0 unspecified atom stereocenters. The molecule has 1 aromatic carbocycles. The number of aromatic nitrogens is 3. The summed E-state index contributed by atoms with van der Waals surface area (Å²) in [7, 11) is 0. The van der Waals surface area contributed by atoms with Crippen molar-refractivity contribution in [1.29, 1.82) is 0 Å². The third-order valence-electron chi connectivity index (χ3n) is 3.75. The van der Waals surface area contributed by atoms with Crippen molar-refractivity contribution in [3.8, 4) is 17.3 Å². The molecular weight excluding hydrogens is 280 g/mol. The molecule has 0 amide bonds. The molecule has 22 heavy (non-hydrogen) atoms. The first-order valence-electron chi connectivity index (χ1n) is 7.09. The van der Waals surface area contributed by atoms with Crippen LogP contribution in [0.25, 0.3) is 11.6 Å². The van der Waals surface area contributed by atoms with Gasteiger partial charge in [-0.3, -0.25) is 0 Å². The van der Waals surface area contributed by atoms with Crippen LogP contribution in [0.1, 0.15) is 11.5 Å². The lowest BCUT2D eigenvalue weighted by atomic mass is 10.1. The van der Waals surface area contributed by atoms with E-state index < -0.39 is 0 Å². The fourth-order valence-corrected chi connectivity index (χ4v) is 2.66. The fraction of sp³-hybridized carbons (Fsp3) is 0.188. The number of hydrogen-bond donors (Lipinski definition) is 1. The zero-order valence-electron chi connectivity index (χ0n) is 11.8. The number of para-hydroxylation sites is 2. The van der Waals surface area contributed by atoms with E-state index in [0.717, 1.165) is 30.1 Å². The lowest BCUT2D eigenvalue weighted by molar-refractivity contribution is 0.468. The molecule has 3 heterocycles. The first kappa shape index (κ1) is 12.8. The van der Waals surface area contributed by atoms with Crippen molar-refractivity contribution >= 4 is 5.69 Å². The molecule has 1 N–H and O–H groups in total. The molecular formula is C16H14N4O2. The highest BCUT2D eigenvalue weighted by molar-refractivity contribution is 5.58. The predicted molar refractivity (Wildman–Crippen MR) is 80.4 cm³/mol. The van der Waals surface area contributed by atoms with E-state index in [0.29, 0.717) is 18.1 Å². The molecule has 0 radical (unpaired) electrons. The fourth-order valence-electron chi connectivity index (χ4n) is 2.66. The van der Waals surface area contributed by atoms with Crippen molar-refractivity contribution in [2.75, 3.05) is 11.4 Å². The van der Waals surface area contributed by atoms with Gasteiger partial charge in [-0.1, -0.05) is 12.1 Å². The molecule has 0 fully saturated rings. The Balaban J connectivity index is 1.64. The average molecular weight is 294 g/mol. The summed E-state index contributed by atoms with van der Waals surface area (Å²) in [6.45, 7) is 1.39. The molecule has 0 saturated carbocycles. The average Bonchev–Trinajstić information content (AvgIpc) is 2.99. The van der Waals surface area contributed by atoms with E-state index in [9.17, 15) is 5.11 Å². The van der Waals surface area contributed by atoms with Crippen LogP contribution in [0.2, 0.25) is 0 Å². The van der Waals surface area contributed by atoms with Crippen molar-refractivity contribution in [2.45, 2.75) is 13.0 Å². The molecule has 6 nitrogen and oxygen atoms in total. The maximum absolute atomic E-state index is 9.99. The molecule has 1 aliphatic rings. The van der Waals surface area contributed by atoms with E-state index in [4.69, 9.17) is 4.42 Å². The van der Waals surface area contributed by atoms with Crippen molar-refractivity contribution in [3.63, 3.8) is 0 Å². The van der Waals surface area contributed by atoms with Crippen LogP contribution in [0, 0.1) is 0 Å². The predicted octanol–water partition coefficient (Wildman–Crippen LogP) is 2.40. The van der Waals surface area contributed by atoms with Crippen molar-refractivity contribution in [2.24, 2.45) is 0 Å². The Hall–Kier alpha value is -2.89. The minimum Gasteiger partial charge on any atom is -0.506 e. The molecule has 6 heteroatoms. The lowest BCUT2D eigenvalue weighted by Crippen LogP contribution is -2.30. The zero-order valence-corrected chi connectivity index (χ0v) is 11.8. The maximum Gasteiger partial charge on any atom is 0.245 e. The van der Waals surface area contributed by atoms with Gasteiger partial charge in [0.15, 0.2) is 0 Å². The topological polar surface area (TPSA) is 75.3 Å². The summed E-state index contributed by atoms with van der Waals surface area (Å²) < 4.78 is 5.82. The van der Waals surface area contributed by atoms with Gasteiger partial charge in [0.1, 0.15) is 29.2 Å². The summed E-state index contributed by atoms with van der Waals surface area (Å²) in [5.74, 6) is 1.69. The van der Waals surface area contributed by atoms with Gasteiger partial charge in [-0.05, 0) is 18.2 Å². The number of benzene rings is 1. The number of nitrogens with zero attached hydrogens (tertiary/aromatic N) is 4. The highest BCUT2D eigenvalue weighted by Gasteiger charge is 2.24. The Morgan fingerprint density at radius 1 is 1.18 bits per heavy atom. The van der Waals surface area contributed by atoms with E-state index in [1.165, 1.54) is 6.33 Å². The van der Waals surface area contributed by atoms with Crippen molar-refractivity contribution in [3.05, 3.63) is 54.3 Å². The summed E-state index contributed by atoms with van der Waals surface area (Å²) in [6.07, 6.45) is 3.90. The van der Waals surface area contributed by atoms with Gasteiger partial charge in [-0.25, -0.2) is 15.0 Å². The number of phenolic OH excluding ortho intramolecular Hbond substituents is 1. The first-order chi connectivity index (χ1) is 10.8. The van der Waals surface area contributed by atoms with E-state index in [1.807, 2.05) is 18.2 Å². The maximum atomic E-state index is 9.99. The zero-order chi connectivity index (χ0) is 14.9. The molecule has 0 aliphatic carbocycles. The molecule has 0 bridgehead atoms. The molecule has 4 rings (SSSR count). The van der Waals surface area contributed by atoms with Gasteiger partial charge >= 0.3 is 0 Å². The summed E-state index contributed by atoms with van der Waals surface area (Å²) in [5.41, 5.74) is 2.39. The highest BCUT2D eigenvalue weighted by atomic mass is 16.4. The molecule has 0 spiro atoms. The Kier molecular flexibility index (Phi) is 3.00. The number of aromatic hydroxyl groups is 1. The van der Waals surface area contributed by atoms with Gasteiger partial charge in [0.25, 0.3) is 0 Å². The van der Waals surface area contributed by atoms with Gasteiger partial charge < -0.3 is 14.4 Å². The minimum absolute atomic E-state index is 0.283. The van der Waals surface area contributed by atoms with Crippen LogP contribution in [-0.2, 0) is 13.0 Å². The number of rotatable bonds is 2. The number of anilines is 1. The molecule has 110 valence electrons.